The second kappa shape index (κ2) is 6.90. The van der Waals surface area contributed by atoms with Crippen LogP contribution >= 0.6 is 15.9 Å². The zero-order chi connectivity index (χ0) is 12.8. The average Bonchev–Trinajstić information content (AvgIpc) is 2.34. The van der Waals surface area contributed by atoms with E-state index in [1.165, 1.54) is 12.0 Å². The molecule has 0 heterocycles. The van der Waals surface area contributed by atoms with Crippen LogP contribution in [0.5, 0.6) is 11.5 Å². The van der Waals surface area contributed by atoms with Gasteiger partial charge in [0, 0.05) is 4.83 Å². The first-order valence-corrected chi connectivity index (χ1v) is 6.86. The van der Waals surface area contributed by atoms with E-state index < -0.39 is 0 Å². The van der Waals surface area contributed by atoms with Crippen LogP contribution in [0.25, 0.3) is 0 Å². The molecule has 0 aliphatic heterocycles. The maximum Gasteiger partial charge on any atom is 0.161 e. The standard InChI is InChI=1S/C14H21BrO2/c1-10(2)5-7-12(15)11-6-8-13(16-3)14(9-11)17-4/h6,8-10,12H,5,7H2,1-4H3. The predicted molar refractivity (Wildman–Crippen MR) is 75.3 cm³/mol. The molecule has 1 unspecified atom stereocenters. The summed E-state index contributed by atoms with van der Waals surface area (Å²) < 4.78 is 10.5. The Bertz CT molecular complexity index is 350. The molecule has 3 heteroatoms. The average molecular weight is 301 g/mol. The van der Waals surface area contributed by atoms with Gasteiger partial charge in [0.1, 0.15) is 0 Å². The highest BCUT2D eigenvalue weighted by atomic mass is 79.9. The second-order valence-corrected chi connectivity index (χ2v) is 5.66. The smallest absolute Gasteiger partial charge is 0.161 e. The number of methoxy groups -OCH3 is 2. The highest BCUT2D eigenvalue weighted by molar-refractivity contribution is 9.09. The van der Waals surface area contributed by atoms with Gasteiger partial charge in [-0.05, 0) is 36.5 Å². The highest BCUT2D eigenvalue weighted by Gasteiger charge is 2.11. The van der Waals surface area contributed by atoms with Gasteiger partial charge in [0.2, 0.25) is 0 Å². The van der Waals surface area contributed by atoms with Gasteiger partial charge in [-0.1, -0.05) is 35.8 Å². The molecule has 0 N–H and O–H groups in total. The van der Waals surface area contributed by atoms with Crippen LogP contribution in [0, 0.1) is 5.92 Å². The van der Waals surface area contributed by atoms with Crippen LogP contribution < -0.4 is 9.47 Å². The van der Waals surface area contributed by atoms with E-state index in [-0.39, 0.29) is 0 Å². The molecule has 0 amide bonds. The molecule has 0 spiro atoms. The zero-order valence-electron chi connectivity index (χ0n) is 11.0. The number of rotatable bonds is 6. The summed E-state index contributed by atoms with van der Waals surface area (Å²) in [5.41, 5.74) is 1.24. The Morgan fingerprint density at radius 2 is 1.71 bits per heavy atom. The lowest BCUT2D eigenvalue weighted by Crippen LogP contribution is -1.96. The van der Waals surface area contributed by atoms with Gasteiger partial charge in [-0.2, -0.15) is 0 Å². The van der Waals surface area contributed by atoms with Crippen molar-refractivity contribution in [2.75, 3.05) is 14.2 Å². The summed E-state index contributed by atoms with van der Waals surface area (Å²) in [6, 6.07) is 6.08. The summed E-state index contributed by atoms with van der Waals surface area (Å²) in [6.45, 7) is 4.49. The number of hydrogen-bond acceptors (Lipinski definition) is 2. The Morgan fingerprint density at radius 3 is 2.24 bits per heavy atom. The summed E-state index contributed by atoms with van der Waals surface area (Å²) in [6.07, 6.45) is 2.34. The van der Waals surface area contributed by atoms with Crippen molar-refractivity contribution in [3.8, 4) is 11.5 Å². The molecule has 0 fully saturated rings. The maximum absolute atomic E-state index is 5.31. The minimum absolute atomic E-state index is 0.379. The van der Waals surface area contributed by atoms with Crippen LogP contribution in [-0.4, -0.2) is 14.2 Å². The Balaban J connectivity index is 2.77. The van der Waals surface area contributed by atoms with E-state index in [2.05, 4.69) is 35.8 Å². The lowest BCUT2D eigenvalue weighted by atomic mass is 10.0. The molecule has 1 aromatic carbocycles. The molecule has 17 heavy (non-hydrogen) atoms. The monoisotopic (exact) mass is 300 g/mol. The molecule has 0 saturated heterocycles. The van der Waals surface area contributed by atoms with Crippen LogP contribution in [0.4, 0.5) is 0 Å². The minimum Gasteiger partial charge on any atom is -0.493 e. The van der Waals surface area contributed by atoms with Crippen LogP contribution in [-0.2, 0) is 0 Å². The number of alkyl halides is 1. The summed E-state index contributed by atoms with van der Waals surface area (Å²) in [4.78, 5) is 0.379. The van der Waals surface area contributed by atoms with Gasteiger partial charge in [0.05, 0.1) is 14.2 Å². The van der Waals surface area contributed by atoms with Gasteiger partial charge < -0.3 is 9.47 Å². The fourth-order valence-corrected chi connectivity index (χ4v) is 2.24. The van der Waals surface area contributed by atoms with Crippen molar-refractivity contribution in [1.29, 1.82) is 0 Å². The van der Waals surface area contributed by atoms with Gasteiger partial charge in [0.15, 0.2) is 11.5 Å². The second-order valence-electron chi connectivity index (χ2n) is 4.55. The van der Waals surface area contributed by atoms with Gasteiger partial charge in [-0.25, -0.2) is 0 Å². The minimum atomic E-state index is 0.379. The lowest BCUT2D eigenvalue weighted by Gasteiger charge is -2.14. The quantitative estimate of drug-likeness (QED) is 0.716. The first-order valence-electron chi connectivity index (χ1n) is 5.94. The summed E-state index contributed by atoms with van der Waals surface area (Å²) in [5, 5.41) is 0. The molecule has 1 aromatic rings. The van der Waals surface area contributed by atoms with Crippen molar-refractivity contribution in [3.05, 3.63) is 23.8 Å². The zero-order valence-corrected chi connectivity index (χ0v) is 12.6. The van der Waals surface area contributed by atoms with E-state index in [0.717, 1.165) is 23.8 Å². The SMILES string of the molecule is COc1ccc(C(Br)CCC(C)C)cc1OC. The van der Waals surface area contributed by atoms with Gasteiger partial charge in [-0.3, -0.25) is 0 Å². The van der Waals surface area contributed by atoms with Crippen LogP contribution in [0.3, 0.4) is 0 Å². The first-order chi connectivity index (χ1) is 8.08. The Kier molecular flexibility index (Phi) is 5.83. The third-order valence-corrected chi connectivity index (χ3v) is 3.75. The third kappa shape index (κ3) is 4.23. The van der Waals surface area contributed by atoms with Gasteiger partial charge >= 0.3 is 0 Å². The van der Waals surface area contributed by atoms with E-state index in [4.69, 9.17) is 9.47 Å². The molecule has 0 aliphatic rings. The van der Waals surface area contributed by atoms with Crippen molar-refractivity contribution in [2.24, 2.45) is 5.92 Å². The molecular formula is C14H21BrO2. The fourth-order valence-electron chi connectivity index (χ4n) is 1.69. The van der Waals surface area contributed by atoms with E-state index in [1.54, 1.807) is 14.2 Å². The molecule has 0 radical (unpaired) electrons. The highest BCUT2D eigenvalue weighted by Crippen LogP contribution is 2.35. The van der Waals surface area contributed by atoms with Gasteiger partial charge in [-0.15, -0.1) is 0 Å². The van der Waals surface area contributed by atoms with Crippen molar-refractivity contribution >= 4 is 15.9 Å². The Hall–Kier alpha value is -0.700. The van der Waals surface area contributed by atoms with Crippen LogP contribution in [0.1, 0.15) is 37.1 Å². The number of benzene rings is 1. The topological polar surface area (TPSA) is 18.5 Å². The molecule has 0 aliphatic carbocycles. The van der Waals surface area contributed by atoms with E-state index in [1.807, 2.05) is 12.1 Å². The van der Waals surface area contributed by atoms with Crippen molar-refractivity contribution in [3.63, 3.8) is 0 Å². The number of hydrogen-bond donors (Lipinski definition) is 0. The van der Waals surface area contributed by atoms with Crippen LogP contribution in [0.2, 0.25) is 0 Å². The molecule has 0 aromatic heterocycles. The molecule has 1 rings (SSSR count). The van der Waals surface area contributed by atoms with E-state index in [9.17, 15) is 0 Å². The van der Waals surface area contributed by atoms with Crippen molar-refractivity contribution < 1.29 is 9.47 Å². The first kappa shape index (κ1) is 14.4. The molecule has 96 valence electrons. The third-order valence-electron chi connectivity index (χ3n) is 2.77. The number of halogens is 1. The summed E-state index contributed by atoms with van der Waals surface area (Å²) in [5.74, 6) is 2.30. The molecule has 0 saturated carbocycles. The summed E-state index contributed by atoms with van der Waals surface area (Å²) in [7, 11) is 3.32. The molecule has 0 bridgehead atoms. The predicted octanol–water partition coefficient (Wildman–Crippen LogP) is 4.58. The molecule has 1 atom stereocenters. The van der Waals surface area contributed by atoms with Crippen molar-refractivity contribution in [2.45, 2.75) is 31.5 Å². The van der Waals surface area contributed by atoms with Crippen LogP contribution in [0.15, 0.2) is 18.2 Å². The number of ether oxygens (including phenoxy) is 2. The lowest BCUT2D eigenvalue weighted by molar-refractivity contribution is 0.354. The Morgan fingerprint density at radius 1 is 1.06 bits per heavy atom. The molecular weight excluding hydrogens is 280 g/mol. The van der Waals surface area contributed by atoms with E-state index >= 15 is 0 Å². The normalized spacial score (nSPS) is 12.6. The largest absolute Gasteiger partial charge is 0.493 e. The molecule has 2 nitrogen and oxygen atoms in total. The Labute approximate surface area is 112 Å². The summed E-state index contributed by atoms with van der Waals surface area (Å²) >= 11 is 3.73. The van der Waals surface area contributed by atoms with Gasteiger partial charge in [0.25, 0.3) is 0 Å². The van der Waals surface area contributed by atoms with E-state index in [0.29, 0.717) is 4.83 Å². The van der Waals surface area contributed by atoms with Crippen molar-refractivity contribution in [1.82, 2.24) is 0 Å². The maximum atomic E-state index is 5.31. The fraction of sp³-hybridized carbons (Fsp3) is 0.571.